The second-order valence-corrected chi connectivity index (χ2v) is 3.93. The fraction of sp³-hybridized carbons (Fsp3) is 0.455. The van der Waals surface area contributed by atoms with E-state index in [0.717, 1.165) is 0 Å². The average Bonchev–Trinajstić information content (AvgIpc) is 2.31. The number of aliphatic hydroxyl groups excluding tert-OH is 1. The molecule has 0 unspecified atom stereocenters. The van der Waals surface area contributed by atoms with E-state index in [1.54, 1.807) is 17.0 Å². The summed E-state index contributed by atoms with van der Waals surface area (Å²) in [6.45, 7) is 3.08. The fourth-order valence-corrected chi connectivity index (χ4v) is 1.94. The van der Waals surface area contributed by atoms with E-state index in [4.69, 9.17) is 16.7 Å². The van der Waals surface area contributed by atoms with Crippen molar-refractivity contribution in [3.05, 3.63) is 33.3 Å². The van der Waals surface area contributed by atoms with E-state index in [9.17, 15) is 10.1 Å². The van der Waals surface area contributed by atoms with Crippen LogP contribution in [0, 0.1) is 10.1 Å². The summed E-state index contributed by atoms with van der Waals surface area (Å²) in [6, 6.07) is 4.62. The lowest BCUT2D eigenvalue weighted by Crippen LogP contribution is -2.25. The molecule has 0 spiro atoms. The van der Waals surface area contributed by atoms with E-state index < -0.39 is 4.92 Å². The molecule has 1 N–H and O–H groups in total. The van der Waals surface area contributed by atoms with Crippen molar-refractivity contribution in [1.29, 1.82) is 0 Å². The topological polar surface area (TPSA) is 66.6 Å². The van der Waals surface area contributed by atoms with Gasteiger partial charge in [0.05, 0.1) is 9.95 Å². The van der Waals surface area contributed by atoms with E-state index in [0.29, 0.717) is 30.2 Å². The number of rotatable bonds is 6. The van der Waals surface area contributed by atoms with Crippen LogP contribution in [0.15, 0.2) is 18.2 Å². The Kier molecular flexibility index (Phi) is 5.18. The molecule has 0 bridgehead atoms. The summed E-state index contributed by atoms with van der Waals surface area (Å²) in [7, 11) is 0. The first-order valence-corrected chi connectivity index (χ1v) is 5.78. The monoisotopic (exact) mass is 258 g/mol. The zero-order valence-electron chi connectivity index (χ0n) is 9.60. The summed E-state index contributed by atoms with van der Waals surface area (Å²) < 4.78 is 0. The predicted octanol–water partition coefficient (Wildman–Crippen LogP) is 2.46. The van der Waals surface area contributed by atoms with Gasteiger partial charge in [0.1, 0.15) is 5.69 Å². The number of nitrogens with zero attached hydrogens (tertiary/aromatic N) is 2. The second kappa shape index (κ2) is 6.42. The molecule has 0 fully saturated rings. The van der Waals surface area contributed by atoms with Crippen LogP contribution in [0.3, 0.4) is 0 Å². The van der Waals surface area contributed by atoms with Crippen molar-refractivity contribution in [3.63, 3.8) is 0 Å². The molecule has 0 amide bonds. The highest BCUT2D eigenvalue weighted by Crippen LogP contribution is 2.35. The fourth-order valence-electron chi connectivity index (χ4n) is 1.65. The molecule has 94 valence electrons. The molecular weight excluding hydrogens is 244 g/mol. The van der Waals surface area contributed by atoms with Crippen LogP contribution in [0.2, 0.25) is 5.02 Å². The van der Waals surface area contributed by atoms with Crippen LogP contribution >= 0.6 is 11.6 Å². The van der Waals surface area contributed by atoms with E-state index in [1.165, 1.54) is 6.07 Å². The SMILES string of the molecule is CCN(CCCO)c1c(Cl)cccc1[N+](=O)[O-]. The molecule has 1 rings (SSSR count). The second-order valence-electron chi connectivity index (χ2n) is 3.52. The Bertz CT molecular complexity index is 398. The van der Waals surface area contributed by atoms with E-state index in [1.807, 2.05) is 6.92 Å². The lowest BCUT2D eigenvalue weighted by molar-refractivity contribution is -0.384. The molecule has 6 heteroatoms. The van der Waals surface area contributed by atoms with Crippen molar-refractivity contribution < 1.29 is 10.0 Å². The predicted molar refractivity (Wildman–Crippen MR) is 67.7 cm³/mol. The average molecular weight is 259 g/mol. The Labute approximate surface area is 105 Å². The van der Waals surface area contributed by atoms with Gasteiger partial charge in [-0.3, -0.25) is 10.1 Å². The Morgan fingerprint density at radius 3 is 2.76 bits per heavy atom. The lowest BCUT2D eigenvalue weighted by Gasteiger charge is -2.23. The minimum absolute atomic E-state index is 0.00251. The summed E-state index contributed by atoms with van der Waals surface area (Å²) in [5.74, 6) is 0. The van der Waals surface area contributed by atoms with Crippen LogP contribution in [0.5, 0.6) is 0 Å². The summed E-state index contributed by atoms with van der Waals surface area (Å²) in [5, 5.41) is 20.1. The van der Waals surface area contributed by atoms with Gasteiger partial charge in [-0.25, -0.2) is 0 Å². The molecule has 0 saturated carbocycles. The zero-order chi connectivity index (χ0) is 12.8. The first-order valence-electron chi connectivity index (χ1n) is 5.40. The van der Waals surface area contributed by atoms with Gasteiger partial charge in [0.2, 0.25) is 0 Å². The third-order valence-corrected chi connectivity index (χ3v) is 2.75. The maximum Gasteiger partial charge on any atom is 0.294 e. The first-order chi connectivity index (χ1) is 8.11. The molecule has 1 aromatic rings. The lowest BCUT2D eigenvalue weighted by atomic mass is 10.2. The molecule has 0 aromatic heterocycles. The Morgan fingerprint density at radius 2 is 2.24 bits per heavy atom. The Morgan fingerprint density at radius 1 is 1.53 bits per heavy atom. The van der Waals surface area contributed by atoms with Gasteiger partial charge in [-0.2, -0.15) is 0 Å². The van der Waals surface area contributed by atoms with Gasteiger partial charge in [-0.15, -0.1) is 0 Å². The number of halogens is 1. The van der Waals surface area contributed by atoms with Crippen molar-refractivity contribution >= 4 is 23.0 Å². The van der Waals surface area contributed by atoms with Crippen LogP contribution in [-0.2, 0) is 0 Å². The van der Waals surface area contributed by atoms with Crippen molar-refractivity contribution in [1.82, 2.24) is 0 Å². The molecule has 0 radical (unpaired) electrons. The minimum Gasteiger partial charge on any atom is -0.396 e. The van der Waals surface area contributed by atoms with Gasteiger partial charge in [-0.1, -0.05) is 17.7 Å². The number of hydrogen-bond acceptors (Lipinski definition) is 4. The minimum atomic E-state index is -0.442. The van der Waals surface area contributed by atoms with Crippen molar-refractivity contribution in [2.75, 3.05) is 24.6 Å². The standard InChI is InChI=1S/C11H15ClN2O3/c1-2-13(7-4-8-15)11-9(12)5-3-6-10(11)14(16)17/h3,5-6,15H,2,4,7-8H2,1H3. The van der Waals surface area contributed by atoms with Crippen LogP contribution in [0.4, 0.5) is 11.4 Å². The van der Waals surface area contributed by atoms with Crippen LogP contribution < -0.4 is 4.90 Å². The largest absolute Gasteiger partial charge is 0.396 e. The zero-order valence-corrected chi connectivity index (χ0v) is 10.4. The van der Waals surface area contributed by atoms with Gasteiger partial charge >= 0.3 is 0 Å². The maximum absolute atomic E-state index is 10.9. The highest BCUT2D eigenvalue weighted by molar-refractivity contribution is 6.33. The summed E-state index contributed by atoms with van der Waals surface area (Å²) in [6.07, 6.45) is 0.552. The molecule has 0 aliphatic heterocycles. The molecule has 0 atom stereocenters. The highest BCUT2D eigenvalue weighted by atomic mass is 35.5. The molecule has 0 aliphatic rings. The normalized spacial score (nSPS) is 10.3. The third kappa shape index (κ3) is 3.31. The van der Waals surface area contributed by atoms with Crippen LogP contribution in [-0.4, -0.2) is 29.7 Å². The van der Waals surface area contributed by atoms with Crippen LogP contribution in [0.1, 0.15) is 13.3 Å². The summed E-state index contributed by atoms with van der Waals surface area (Å²) in [5.41, 5.74) is 0.424. The number of benzene rings is 1. The quantitative estimate of drug-likeness (QED) is 0.629. The van der Waals surface area contributed by atoms with E-state index >= 15 is 0 Å². The van der Waals surface area contributed by atoms with Gasteiger partial charge in [0.15, 0.2) is 0 Å². The molecule has 0 aliphatic carbocycles. The van der Waals surface area contributed by atoms with Gasteiger partial charge in [-0.05, 0) is 19.4 Å². The number of hydrogen-bond donors (Lipinski definition) is 1. The molecular formula is C11H15ClN2O3. The molecule has 5 nitrogen and oxygen atoms in total. The van der Waals surface area contributed by atoms with Crippen LogP contribution in [0.25, 0.3) is 0 Å². The first kappa shape index (κ1) is 13.7. The number of nitro benzene ring substituents is 1. The van der Waals surface area contributed by atoms with Crippen molar-refractivity contribution in [2.24, 2.45) is 0 Å². The third-order valence-electron chi connectivity index (χ3n) is 2.45. The van der Waals surface area contributed by atoms with Gasteiger partial charge < -0.3 is 10.0 Å². The molecule has 0 saturated heterocycles. The van der Waals surface area contributed by atoms with Gasteiger partial charge in [0, 0.05) is 25.8 Å². The summed E-state index contributed by atoms with van der Waals surface area (Å²) >= 11 is 6.02. The van der Waals surface area contributed by atoms with E-state index in [-0.39, 0.29) is 12.3 Å². The van der Waals surface area contributed by atoms with Gasteiger partial charge in [0.25, 0.3) is 5.69 Å². The van der Waals surface area contributed by atoms with E-state index in [2.05, 4.69) is 0 Å². The number of aliphatic hydroxyl groups is 1. The summed E-state index contributed by atoms with van der Waals surface area (Å²) in [4.78, 5) is 12.3. The Hall–Kier alpha value is -1.33. The number of para-hydroxylation sites is 1. The Balaban J connectivity index is 3.11. The molecule has 1 aromatic carbocycles. The maximum atomic E-state index is 10.9. The molecule has 0 heterocycles. The number of nitro groups is 1. The van der Waals surface area contributed by atoms with Crippen molar-refractivity contribution in [3.8, 4) is 0 Å². The van der Waals surface area contributed by atoms with Crippen molar-refractivity contribution in [2.45, 2.75) is 13.3 Å². The highest BCUT2D eigenvalue weighted by Gasteiger charge is 2.21. The smallest absolute Gasteiger partial charge is 0.294 e. The molecule has 17 heavy (non-hydrogen) atoms. The number of anilines is 1.